The van der Waals surface area contributed by atoms with Gasteiger partial charge in [-0.2, -0.15) is 0 Å². The summed E-state index contributed by atoms with van der Waals surface area (Å²) in [5, 5.41) is 12.7. The molecule has 0 spiro atoms. The number of benzene rings is 2. The van der Waals surface area contributed by atoms with Crippen molar-refractivity contribution in [3.63, 3.8) is 0 Å². The average molecular weight is 243 g/mol. The molecule has 4 nitrogen and oxygen atoms in total. The van der Waals surface area contributed by atoms with Gasteiger partial charge in [0.05, 0.1) is 12.0 Å². The zero-order chi connectivity index (χ0) is 13.1. The number of allylic oxidation sites excluding steroid dienone is 1. The van der Waals surface area contributed by atoms with E-state index in [9.17, 15) is 10.1 Å². The van der Waals surface area contributed by atoms with E-state index in [4.69, 9.17) is 4.74 Å². The molecular weight excluding hydrogens is 230 g/mol. The fraction of sp³-hybridized carbons (Fsp3) is 0.143. The predicted octanol–water partition coefficient (Wildman–Crippen LogP) is 3.49. The summed E-state index contributed by atoms with van der Waals surface area (Å²) >= 11 is 0. The zero-order valence-corrected chi connectivity index (χ0v) is 10.2. The Labute approximate surface area is 105 Å². The third-order valence-electron chi connectivity index (χ3n) is 2.79. The Balaban J connectivity index is 2.73. The highest BCUT2D eigenvalue weighted by Gasteiger charge is 2.10. The Morgan fingerprint density at radius 2 is 2.00 bits per heavy atom. The zero-order valence-electron chi connectivity index (χ0n) is 10.2. The minimum absolute atomic E-state index is 0.0876. The van der Waals surface area contributed by atoms with Gasteiger partial charge in [-0.05, 0) is 16.8 Å². The van der Waals surface area contributed by atoms with Gasteiger partial charge < -0.3 is 4.74 Å². The van der Waals surface area contributed by atoms with Gasteiger partial charge in [0, 0.05) is 18.6 Å². The van der Waals surface area contributed by atoms with Gasteiger partial charge in [0.2, 0.25) is 5.70 Å². The van der Waals surface area contributed by atoms with Gasteiger partial charge >= 0.3 is 0 Å². The lowest BCUT2D eigenvalue weighted by Crippen LogP contribution is -1.95. The fourth-order valence-corrected chi connectivity index (χ4v) is 1.86. The quantitative estimate of drug-likeness (QED) is 0.612. The number of rotatable bonds is 3. The Morgan fingerprint density at radius 1 is 1.28 bits per heavy atom. The minimum Gasteiger partial charge on any atom is -0.496 e. The monoisotopic (exact) mass is 243 g/mol. The maximum Gasteiger partial charge on any atom is 0.243 e. The maximum atomic E-state index is 10.7. The van der Waals surface area contributed by atoms with Crippen molar-refractivity contribution in [1.82, 2.24) is 0 Å². The number of nitrogens with zero attached hydrogens (tertiary/aromatic N) is 1. The van der Waals surface area contributed by atoms with Crippen LogP contribution in [-0.2, 0) is 0 Å². The first-order chi connectivity index (χ1) is 8.63. The van der Waals surface area contributed by atoms with E-state index in [1.807, 2.05) is 36.4 Å². The molecule has 92 valence electrons. The van der Waals surface area contributed by atoms with Crippen LogP contribution in [0.4, 0.5) is 0 Å². The summed E-state index contributed by atoms with van der Waals surface area (Å²) in [5.74, 6) is 0.634. The first-order valence-electron chi connectivity index (χ1n) is 5.52. The first kappa shape index (κ1) is 12.1. The third-order valence-corrected chi connectivity index (χ3v) is 2.79. The van der Waals surface area contributed by atoms with Crippen LogP contribution in [0.15, 0.2) is 42.1 Å². The molecule has 0 N–H and O–H groups in total. The Bertz CT molecular complexity index is 632. The van der Waals surface area contributed by atoms with Crippen LogP contribution in [0.5, 0.6) is 5.75 Å². The van der Waals surface area contributed by atoms with E-state index in [0.717, 1.165) is 16.3 Å². The van der Waals surface area contributed by atoms with E-state index >= 15 is 0 Å². The molecule has 0 amide bonds. The van der Waals surface area contributed by atoms with E-state index in [2.05, 4.69) is 0 Å². The van der Waals surface area contributed by atoms with Crippen LogP contribution in [0.1, 0.15) is 12.5 Å². The highest BCUT2D eigenvalue weighted by atomic mass is 16.6. The second-order valence-corrected chi connectivity index (χ2v) is 3.95. The van der Waals surface area contributed by atoms with Gasteiger partial charge in [-0.15, -0.1) is 0 Å². The van der Waals surface area contributed by atoms with Gasteiger partial charge in [-0.25, -0.2) is 0 Å². The topological polar surface area (TPSA) is 52.4 Å². The molecule has 0 radical (unpaired) electrons. The molecule has 0 aliphatic rings. The van der Waals surface area contributed by atoms with E-state index in [1.165, 1.54) is 6.92 Å². The van der Waals surface area contributed by atoms with E-state index < -0.39 is 4.92 Å². The summed E-state index contributed by atoms with van der Waals surface area (Å²) in [6.45, 7) is 1.47. The molecule has 0 saturated heterocycles. The van der Waals surface area contributed by atoms with Crippen molar-refractivity contribution in [3.05, 3.63) is 57.8 Å². The lowest BCUT2D eigenvalue weighted by Gasteiger charge is -2.08. The second kappa shape index (κ2) is 4.87. The van der Waals surface area contributed by atoms with Crippen LogP contribution in [0.2, 0.25) is 0 Å². The van der Waals surface area contributed by atoms with E-state index in [0.29, 0.717) is 5.75 Å². The summed E-state index contributed by atoms with van der Waals surface area (Å²) in [6.07, 6.45) is 1.54. The van der Waals surface area contributed by atoms with Crippen molar-refractivity contribution >= 4 is 16.8 Å². The number of methoxy groups -OCH3 is 1. The van der Waals surface area contributed by atoms with Crippen molar-refractivity contribution in [1.29, 1.82) is 0 Å². The second-order valence-electron chi connectivity index (χ2n) is 3.95. The standard InChI is InChI=1S/C14H13NO3/c1-10(15(16)17)9-13-12-6-4-3-5-11(12)7-8-14(13)18-2/h3-9H,1-2H3. The molecular formula is C14H13NO3. The molecule has 0 aliphatic carbocycles. The maximum absolute atomic E-state index is 10.7. The molecule has 0 atom stereocenters. The molecule has 0 aliphatic heterocycles. The van der Waals surface area contributed by atoms with Gasteiger partial charge in [-0.1, -0.05) is 30.3 Å². The van der Waals surface area contributed by atoms with Crippen molar-refractivity contribution in [2.45, 2.75) is 6.92 Å². The lowest BCUT2D eigenvalue weighted by molar-refractivity contribution is -0.422. The molecule has 0 bridgehead atoms. The van der Waals surface area contributed by atoms with Crippen molar-refractivity contribution in [2.24, 2.45) is 0 Å². The first-order valence-corrected chi connectivity index (χ1v) is 5.52. The SMILES string of the molecule is COc1ccc2ccccc2c1C=C(C)[N+](=O)[O-]. The van der Waals surface area contributed by atoms with E-state index in [1.54, 1.807) is 13.2 Å². The Hall–Kier alpha value is -2.36. The van der Waals surface area contributed by atoms with Crippen molar-refractivity contribution < 1.29 is 9.66 Å². The molecule has 0 heterocycles. The van der Waals surface area contributed by atoms with Crippen LogP contribution >= 0.6 is 0 Å². The van der Waals surface area contributed by atoms with Crippen LogP contribution in [-0.4, -0.2) is 12.0 Å². The summed E-state index contributed by atoms with van der Waals surface area (Å²) in [7, 11) is 1.56. The average Bonchev–Trinajstić information content (AvgIpc) is 2.39. The highest BCUT2D eigenvalue weighted by molar-refractivity contribution is 5.93. The van der Waals surface area contributed by atoms with Crippen LogP contribution in [0.3, 0.4) is 0 Å². The lowest BCUT2D eigenvalue weighted by atomic mass is 10.0. The molecule has 18 heavy (non-hydrogen) atoms. The van der Waals surface area contributed by atoms with Crippen LogP contribution in [0.25, 0.3) is 16.8 Å². The molecule has 2 aromatic rings. The molecule has 0 unspecified atom stereocenters. The summed E-state index contributed by atoms with van der Waals surface area (Å²) in [4.78, 5) is 10.3. The molecule has 2 aromatic carbocycles. The van der Waals surface area contributed by atoms with Gasteiger partial charge in [-0.3, -0.25) is 10.1 Å². The third kappa shape index (κ3) is 2.18. The number of ether oxygens (including phenoxy) is 1. The van der Waals surface area contributed by atoms with Crippen molar-refractivity contribution in [2.75, 3.05) is 7.11 Å². The summed E-state index contributed by atoms with van der Waals surface area (Å²) < 4.78 is 5.27. The van der Waals surface area contributed by atoms with Gasteiger partial charge in [0.25, 0.3) is 0 Å². The number of hydrogen-bond acceptors (Lipinski definition) is 3. The predicted molar refractivity (Wildman–Crippen MR) is 71.1 cm³/mol. The molecule has 0 saturated carbocycles. The smallest absolute Gasteiger partial charge is 0.243 e. The number of fused-ring (bicyclic) bond motifs is 1. The summed E-state index contributed by atoms with van der Waals surface area (Å²) in [6, 6.07) is 11.5. The van der Waals surface area contributed by atoms with Gasteiger partial charge in [0.1, 0.15) is 5.75 Å². The molecule has 4 heteroatoms. The van der Waals surface area contributed by atoms with Crippen LogP contribution in [0, 0.1) is 10.1 Å². The van der Waals surface area contributed by atoms with Crippen molar-refractivity contribution in [3.8, 4) is 5.75 Å². The molecule has 0 aromatic heterocycles. The van der Waals surface area contributed by atoms with E-state index in [-0.39, 0.29) is 5.70 Å². The number of nitro groups is 1. The summed E-state index contributed by atoms with van der Waals surface area (Å²) in [5.41, 5.74) is 0.828. The molecule has 0 fully saturated rings. The largest absolute Gasteiger partial charge is 0.496 e. The minimum atomic E-state index is -0.402. The number of hydrogen-bond donors (Lipinski definition) is 0. The Kier molecular flexibility index (Phi) is 3.28. The normalized spacial score (nSPS) is 11.6. The van der Waals surface area contributed by atoms with Gasteiger partial charge in [0.15, 0.2) is 0 Å². The Morgan fingerprint density at radius 3 is 2.67 bits per heavy atom. The highest BCUT2D eigenvalue weighted by Crippen LogP contribution is 2.29. The fourth-order valence-electron chi connectivity index (χ4n) is 1.86. The molecule has 2 rings (SSSR count). The van der Waals surface area contributed by atoms with Crippen LogP contribution < -0.4 is 4.74 Å².